The maximum atomic E-state index is 10.8. The molecule has 2 rings (SSSR count). The zero-order valence-corrected chi connectivity index (χ0v) is 22.4. The molecule has 0 aliphatic carbocycles. The first kappa shape index (κ1) is 27.7. The number of aliphatic hydroxyl groups is 1. The average molecular weight is 561 g/mol. The Labute approximate surface area is 207 Å². The molecule has 1 heterocycles. The first-order chi connectivity index (χ1) is 14.4. The summed E-state index contributed by atoms with van der Waals surface area (Å²) in [5, 5.41) is 27.0. The van der Waals surface area contributed by atoms with Crippen LogP contribution in [0.25, 0.3) is 0 Å². The third-order valence-corrected chi connectivity index (χ3v) is 5.35. The maximum Gasteiger partial charge on any atom is 0.191 e. The van der Waals surface area contributed by atoms with Crippen LogP contribution >= 0.6 is 35.7 Å². The van der Waals surface area contributed by atoms with Crippen molar-refractivity contribution in [1.82, 2.24) is 25.4 Å². The molecule has 0 bridgehead atoms. The molecule has 31 heavy (non-hydrogen) atoms. The summed E-state index contributed by atoms with van der Waals surface area (Å²) in [6.07, 6.45) is 3.81. The summed E-state index contributed by atoms with van der Waals surface area (Å²) < 4.78 is 2.23. The highest BCUT2D eigenvalue weighted by Gasteiger charge is 2.22. The topological polar surface area (TPSA) is 87.4 Å². The molecule has 0 aliphatic heterocycles. The molecule has 9 heteroatoms. The van der Waals surface area contributed by atoms with E-state index >= 15 is 0 Å². The minimum absolute atomic E-state index is 0. The minimum atomic E-state index is -1.01. The van der Waals surface area contributed by atoms with Crippen molar-refractivity contribution in [1.29, 1.82) is 0 Å². The summed E-state index contributed by atoms with van der Waals surface area (Å²) in [6, 6.07) is 9.64. The van der Waals surface area contributed by atoms with Gasteiger partial charge in [0.05, 0.1) is 6.54 Å². The zero-order chi connectivity index (χ0) is 22.0. The van der Waals surface area contributed by atoms with E-state index in [1.165, 1.54) is 0 Å². The summed E-state index contributed by atoms with van der Waals surface area (Å²) in [4.78, 5) is 4.59. The number of aliphatic imine (C=N–C) groups is 1. The van der Waals surface area contributed by atoms with Crippen LogP contribution in [-0.2, 0) is 18.6 Å². The Balaban J connectivity index is 0.00000480. The Bertz CT molecular complexity index is 795. The molecule has 0 aliphatic rings. The van der Waals surface area contributed by atoms with Gasteiger partial charge < -0.3 is 20.3 Å². The number of nitrogens with one attached hydrogen (secondary N) is 2. The Hall–Kier alpha value is -1.33. The van der Waals surface area contributed by atoms with Crippen molar-refractivity contribution in [2.24, 2.45) is 10.9 Å². The fourth-order valence-electron chi connectivity index (χ4n) is 3.12. The molecular weight excluding hydrogens is 523 g/mol. The van der Waals surface area contributed by atoms with Crippen molar-refractivity contribution in [3.63, 3.8) is 0 Å². The Morgan fingerprint density at radius 1 is 1.23 bits per heavy atom. The lowest BCUT2D eigenvalue weighted by Crippen LogP contribution is -2.39. The molecule has 0 saturated carbocycles. The van der Waals surface area contributed by atoms with Crippen LogP contribution in [0, 0.1) is 5.92 Å². The monoisotopic (exact) mass is 560 g/mol. The van der Waals surface area contributed by atoms with Crippen LogP contribution in [0.1, 0.15) is 45.5 Å². The molecule has 174 valence electrons. The summed E-state index contributed by atoms with van der Waals surface area (Å²) in [7, 11) is 0. The number of hydrogen-bond acceptors (Lipinski definition) is 5. The van der Waals surface area contributed by atoms with Crippen LogP contribution in [0.15, 0.2) is 40.5 Å². The Morgan fingerprint density at radius 2 is 1.94 bits per heavy atom. The number of aromatic nitrogens is 3. The second kappa shape index (κ2) is 13.9. The third-order valence-electron chi connectivity index (χ3n) is 4.68. The van der Waals surface area contributed by atoms with Crippen LogP contribution in [0.3, 0.4) is 0 Å². The third kappa shape index (κ3) is 8.97. The van der Waals surface area contributed by atoms with E-state index in [0.29, 0.717) is 11.9 Å². The quantitative estimate of drug-likeness (QED) is 0.128. The lowest BCUT2D eigenvalue weighted by Gasteiger charge is -2.22. The molecule has 3 N–H and O–H groups in total. The van der Waals surface area contributed by atoms with E-state index in [9.17, 15) is 5.11 Å². The van der Waals surface area contributed by atoms with Gasteiger partial charge in [0.15, 0.2) is 11.1 Å². The van der Waals surface area contributed by atoms with Gasteiger partial charge in [0.1, 0.15) is 11.4 Å². The van der Waals surface area contributed by atoms with Crippen LogP contribution in [-0.4, -0.2) is 51.7 Å². The molecule has 1 atom stereocenters. The first-order valence-corrected chi connectivity index (χ1v) is 11.9. The van der Waals surface area contributed by atoms with Crippen LogP contribution in [0.4, 0.5) is 0 Å². The van der Waals surface area contributed by atoms with E-state index in [2.05, 4.69) is 44.2 Å². The molecule has 0 radical (unpaired) electrons. The van der Waals surface area contributed by atoms with Crippen molar-refractivity contribution in [3.8, 4) is 0 Å². The van der Waals surface area contributed by atoms with Gasteiger partial charge in [0.25, 0.3) is 0 Å². The van der Waals surface area contributed by atoms with Crippen molar-refractivity contribution >= 4 is 41.7 Å². The van der Waals surface area contributed by atoms with Gasteiger partial charge in [-0.2, -0.15) is 0 Å². The van der Waals surface area contributed by atoms with E-state index in [-0.39, 0.29) is 30.5 Å². The van der Waals surface area contributed by atoms with E-state index < -0.39 is 5.60 Å². The van der Waals surface area contributed by atoms with Crippen LogP contribution in [0.5, 0.6) is 0 Å². The van der Waals surface area contributed by atoms with E-state index in [1.807, 2.05) is 43.5 Å². The Kier molecular flexibility index (Phi) is 12.5. The molecule has 0 spiro atoms. The highest BCUT2D eigenvalue weighted by Crippen LogP contribution is 2.20. The van der Waals surface area contributed by atoms with Gasteiger partial charge in [-0.3, -0.25) is 0 Å². The molecule has 7 nitrogen and oxygen atoms in total. The largest absolute Gasteiger partial charge is 0.384 e. The predicted octanol–water partition coefficient (Wildman–Crippen LogP) is 3.67. The number of guanidine groups is 1. The molecule has 1 unspecified atom stereocenters. The lowest BCUT2D eigenvalue weighted by atomic mass is 9.96. The fraction of sp³-hybridized carbons (Fsp3) is 0.591. The second-order valence-electron chi connectivity index (χ2n) is 7.97. The van der Waals surface area contributed by atoms with Crippen molar-refractivity contribution in [3.05, 3.63) is 41.7 Å². The van der Waals surface area contributed by atoms with E-state index in [0.717, 1.165) is 49.0 Å². The number of benzene rings is 1. The number of hydrogen-bond donors (Lipinski definition) is 3. The summed E-state index contributed by atoms with van der Waals surface area (Å²) in [6.45, 7) is 11.0. The molecule has 0 fully saturated rings. The second-order valence-corrected chi connectivity index (χ2v) is 8.75. The van der Waals surface area contributed by atoms with Gasteiger partial charge in [-0.1, -0.05) is 55.9 Å². The van der Waals surface area contributed by atoms with Gasteiger partial charge in [0, 0.05) is 26.1 Å². The van der Waals surface area contributed by atoms with E-state index in [4.69, 9.17) is 0 Å². The smallest absolute Gasteiger partial charge is 0.191 e. The molecule has 1 aromatic carbocycles. The fourth-order valence-corrected chi connectivity index (χ4v) is 3.64. The van der Waals surface area contributed by atoms with Gasteiger partial charge in [-0.05, 0) is 38.0 Å². The number of aryl methyl sites for hydroxylation is 1. The van der Waals surface area contributed by atoms with Gasteiger partial charge in [-0.15, -0.1) is 34.2 Å². The zero-order valence-electron chi connectivity index (χ0n) is 19.3. The normalized spacial score (nSPS) is 13.6. The summed E-state index contributed by atoms with van der Waals surface area (Å²) in [5.74, 6) is 2.29. The summed E-state index contributed by atoms with van der Waals surface area (Å²) in [5.41, 5.74) is -0.149. The minimum Gasteiger partial charge on any atom is -0.384 e. The number of rotatable bonds is 11. The lowest BCUT2D eigenvalue weighted by molar-refractivity contribution is 0.0672. The number of thioether (sulfide) groups is 1. The van der Waals surface area contributed by atoms with Gasteiger partial charge in [0.2, 0.25) is 0 Å². The van der Waals surface area contributed by atoms with Crippen LogP contribution < -0.4 is 10.6 Å². The van der Waals surface area contributed by atoms with Crippen LogP contribution in [0.2, 0.25) is 0 Å². The van der Waals surface area contributed by atoms with Crippen molar-refractivity contribution < 1.29 is 5.11 Å². The average Bonchev–Trinajstić information content (AvgIpc) is 3.10. The molecule has 0 amide bonds. The van der Waals surface area contributed by atoms with Crippen molar-refractivity contribution in [2.45, 2.75) is 57.8 Å². The molecule has 1 aromatic heterocycles. The Morgan fingerprint density at radius 3 is 2.55 bits per heavy atom. The SMILES string of the molecule is CCNC(=NCC(C)(O)c1ccccc1)NCCCc1nnc(SC)n1CC(C)C.I. The van der Waals surface area contributed by atoms with Gasteiger partial charge in [-0.25, -0.2) is 4.99 Å². The van der Waals surface area contributed by atoms with E-state index in [1.54, 1.807) is 18.7 Å². The number of nitrogens with zero attached hydrogens (tertiary/aromatic N) is 4. The molecular formula is C22H37IN6OS. The van der Waals surface area contributed by atoms with Crippen molar-refractivity contribution in [2.75, 3.05) is 25.9 Å². The summed E-state index contributed by atoms with van der Waals surface area (Å²) >= 11 is 1.64. The molecule has 2 aromatic rings. The standard InChI is InChI=1S/C22H36N6OS.HI/c1-6-23-20(25-16-22(4,29)18-11-8-7-9-12-18)24-14-10-13-19-26-27-21(30-5)28(19)15-17(2)3;/h7-9,11-12,17,29H,6,10,13-16H2,1-5H3,(H2,23,24,25);1H. The van der Waals surface area contributed by atoms with Gasteiger partial charge >= 0.3 is 0 Å². The number of halogens is 1. The highest BCUT2D eigenvalue weighted by molar-refractivity contribution is 14.0. The first-order valence-electron chi connectivity index (χ1n) is 10.6. The predicted molar refractivity (Wildman–Crippen MR) is 140 cm³/mol. The molecule has 0 saturated heterocycles. The highest BCUT2D eigenvalue weighted by atomic mass is 127. The maximum absolute atomic E-state index is 10.8.